The van der Waals surface area contributed by atoms with Crippen molar-refractivity contribution in [2.75, 3.05) is 12.4 Å². The molecule has 5 heteroatoms. The third-order valence-electron chi connectivity index (χ3n) is 3.88. The molecule has 0 aliphatic heterocycles. The van der Waals surface area contributed by atoms with Crippen LogP contribution in [0, 0.1) is 5.92 Å². The van der Waals surface area contributed by atoms with E-state index >= 15 is 0 Å². The fraction of sp³-hybridized carbons (Fsp3) is 0.238. The van der Waals surface area contributed by atoms with E-state index in [2.05, 4.69) is 5.32 Å². The van der Waals surface area contributed by atoms with Crippen LogP contribution in [0.5, 0.6) is 5.75 Å². The molecule has 1 N–H and O–H groups in total. The molecule has 0 aliphatic rings. The lowest BCUT2D eigenvalue weighted by molar-refractivity contribution is -0.116. The lowest BCUT2D eigenvalue weighted by Crippen LogP contribution is -2.13. The average Bonchev–Trinajstić information content (AvgIpc) is 3.12. The summed E-state index contributed by atoms with van der Waals surface area (Å²) in [6, 6.07) is 15.7. The van der Waals surface area contributed by atoms with Gasteiger partial charge in [0, 0.05) is 28.6 Å². The van der Waals surface area contributed by atoms with Gasteiger partial charge in [0.05, 0.1) is 12.8 Å². The first-order valence-electron chi connectivity index (χ1n) is 8.55. The molecule has 134 valence electrons. The number of thiazole rings is 1. The average molecular weight is 366 g/mol. The van der Waals surface area contributed by atoms with Crippen molar-refractivity contribution >= 4 is 22.9 Å². The van der Waals surface area contributed by atoms with Crippen LogP contribution in [0.25, 0.3) is 21.8 Å². The van der Waals surface area contributed by atoms with Gasteiger partial charge in [-0.05, 0) is 30.2 Å². The Hall–Kier alpha value is -2.66. The second-order valence-corrected chi connectivity index (χ2v) is 7.35. The van der Waals surface area contributed by atoms with Gasteiger partial charge in [-0.25, -0.2) is 4.98 Å². The minimum Gasteiger partial charge on any atom is -0.497 e. The van der Waals surface area contributed by atoms with Gasteiger partial charge < -0.3 is 10.1 Å². The van der Waals surface area contributed by atoms with Gasteiger partial charge in [-0.3, -0.25) is 4.79 Å². The molecule has 26 heavy (non-hydrogen) atoms. The van der Waals surface area contributed by atoms with Gasteiger partial charge in [-0.15, -0.1) is 11.3 Å². The van der Waals surface area contributed by atoms with Crippen molar-refractivity contribution in [3.8, 4) is 27.6 Å². The first-order valence-corrected chi connectivity index (χ1v) is 9.43. The zero-order valence-electron chi connectivity index (χ0n) is 15.2. The van der Waals surface area contributed by atoms with E-state index in [0.29, 0.717) is 12.3 Å². The van der Waals surface area contributed by atoms with E-state index in [1.807, 2.05) is 67.8 Å². The van der Waals surface area contributed by atoms with Crippen molar-refractivity contribution in [3.05, 3.63) is 53.9 Å². The minimum absolute atomic E-state index is 0.0433. The highest BCUT2D eigenvalue weighted by Gasteiger charge is 2.09. The number of anilines is 1. The number of rotatable bonds is 6. The maximum absolute atomic E-state index is 11.9. The van der Waals surface area contributed by atoms with E-state index in [1.54, 1.807) is 18.4 Å². The molecule has 1 amide bonds. The summed E-state index contributed by atoms with van der Waals surface area (Å²) in [5.41, 5.74) is 3.80. The number of carbonyl (C=O) groups is 1. The Balaban J connectivity index is 1.74. The number of ether oxygens (including phenoxy) is 1. The molecule has 0 saturated carbocycles. The minimum atomic E-state index is 0.0433. The van der Waals surface area contributed by atoms with Gasteiger partial charge in [0.15, 0.2) is 0 Å². The maximum atomic E-state index is 11.9. The number of nitrogens with one attached hydrogen (secondary N) is 1. The van der Waals surface area contributed by atoms with Crippen molar-refractivity contribution in [1.82, 2.24) is 4.98 Å². The summed E-state index contributed by atoms with van der Waals surface area (Å²) >= 11 is 1.60. The molecular formula is C21H22N2O2S. The van der Waals surface area contributed by atoms with Crippen LogP contribution in [-0.2, 0) is 4.79 Å². The van der Waals surface area contributed by atoms with E-state index < -0.39 is 0 Å². The number of aromatic nitrogens is 1. The Morgan fingerprint density at radius 1 is 1.15 bits per heavy atom. The molecule has 0 aliphatic carbocycles. The summed E-state index contributed by atoms with van der Waals surface area (Å²) in [6.07, 6.45) is 0.526. The third kappa shape index (κ3) is 4.49. The van der Waals surface area contributed by atoms with Gasteiger partial charge in [-0.2, -0.15) is 0 Å². The topological polar surface area (TPSA) is 51.2 Å². The van der Waals surface area contributed by atoms with Gasteiger partial charge >= 0.3 is 0 Å². The largest absolute Gasteiger partial charge is 0.497 e. The quantitative estimate of drug-likeness (QED) is 0.629. The second-order valence-electron chi connectivity index (χ2n) is 6.49. The van der Waals surface area contributed by atoms with Crippen LogP contribution in [0.1, 0.15) is 20.3 Å². The van der Waals surface area contributed by atoms with Crippen LogP contribution in [0.3, 0.4) is 0 Å². The number of carbonyl (C=O) groups excluding carboxylic acids is 1. The molecular weight excluding hydrogens is 344 g/mol. The lowest BCUT2D eigenvalue weighted by atomic mass is 10.1. The van der Waals surface area contributed by atoms with Crippen molar-refractivity contribution < 1.29 is 9.53 Å². The monoisotopic (exact) mass is 366 g/mol. The van der Waals surface area contributed by atoms with E-state index in [0.717, 1.165) is 33.3 Å². The standard InChI is InChI=1S/C21H22N2O2S/c1-14(2)11-20(24)22-17-9-7-15(8-10-17)19-13-26-21(23-19)16-5-4-6-18(12-16)25-3/h4-10,12-14H,11H2,1-3H3,(H,22,24). The first-order chi connectivity index (χ1) is 12.5. The predicted octanol–water partition coefficient (Wildman–Crippen LogP) is 5.47. The number of amides is 1. The Kier molecular flexibility index (Phi) is 5.68. The lowest BCUT2D eigenvalue weighted by Gasteiger charge is -2.07. The number of nitrogens with zero attached hydrogens (tertiary/aromatic N) is 1. The molecule has 0 bridgehead atoms. The normalized spacial score (nSPS) is 10.8. The highest BCUT2D eigenvalue weighted by atomic mass is 32.1. The Morgan fingerprint density at radius 2 is 1.92 bits per heavy atom. The molecule has 0 saturated heterocycles. The molecule has 0 radical (unpaired) electrons. The number of benzene rings is 2. The van der Waals surface area contributed by atoms with E-state index in [-0.39, 0.29) is 5.91 Å². The molecule has 2 aromatic carbocycles. The molecule has 3 aromatic rings. The summed E-state index contributed by atoms with van der Waals surface area (Å²) in [7, 11) is 1.66. The molecule has 0 fully saturated rings. The predicted molar refractivity (Wildman–Crippen MR) is 108 cm³/mol. The molecule has 0 unspecified atom stereocenters. The highest BCUT2D eigenvalue weighted by molar-refractivity contribution is 7.13. The van der Waals surface area contributed by atoms with Gasteiger partial charge in [0.25, 0.3) is 0 Å². The van der Waals surface area contributed by atoms with Crippen molar-refractivity contribution in [2.45, 2.75) is 20.3 Å². The van der Waals surface area contributed by atoms with Crippen molar-refractivity contribution in [1.29, 1.82) is 0 Å². The number of methoxy groups -OCH3 is 1. The fourth-order valence-electron chi connectivity index (χ4n) is 2.60. The zero-order valence-corrected chi connectivity index (χ0v) is 16.0. The maximum Gasteiger partial charge on any atom is 0.224 e. The van der Waals surface area contributed by atoms with Crippen LogP contribution >= 0.6 is 11.3 Å². The van der Waals surface area contributed by atoms with Crippen LogP contribution < -0.4 is 10.1 Å². The summed E-state index contributed by atoms with van der Waals surface area (Å²) in [4.78, 5) is 16.6. The fourth-order valence-corrected chi connectivity index (χ4v) is 3.43. The number of hydrogen-bond donors (Lipinski definition) is 1. The first kappa shape index (κ1) is 18.1. The van der Waals surface area contributed by atoms with E-state index in [1.165, 1.54) is 0 Å². The zero-order chi connectivity index (χ0) is 18.5. The van der Waals surface area contributed by atoms with E-state index in [4.69, 9.17) is 9.72 Å². The second kappa shape index (κ2) is 8.15. The Bertz CT molecular complexity index is 885. The molecule has 3 rings (SSSR count). The van der Waals surface area contributed by atoms with Gasteiger partial charge in [-0.1, -0.05) is 38.1 Å². The molecule has 1 heterocycles. The molecule has 1 aromatic heterocycles. The van der Waals surface area contributed by atoms with Crippen LogP contribution in [0.4, 0.5) is 5.69 Å². The summed E-state index contributed by atoms with van der Waals surface area (Å²) in [5, 5.41) is 5.92. The van der Waals surface area contributed by atoms with Gasteiger partial charge in [0.1, 0.15) is 10.8 Å². The van der Waals surface area contributed by atoms with Crippen molar-refractivity contribution in [3.63, 3.8) is 0 Å². The Labute approximate surface area is 157 Å². The van der Waals surface area contributed by atoms with Crippen molar-refractivity contribution in [2.24, 2.45) is 5.92 Å². The number of hydrogen-bond acceptors (Lipinski definition) is 4. The molecule has 4 nitrogen and oxygen atoms in total. The molecule has 0 atom stereocenters. The van der Waals surface area contributed by atoms with Crippen LogP contribution in [0.15, 0.2) is 53.9 Å². The summed E-state index contributed by atoms with van der Waals surface area (Å²) < 4.78 is 5.28. The molecule has 0 spiro atoms. The van der Waals surface area contributed by atoms with E-state index in [9.17, 15) is 4.79 Å². The third-order valence-corrected chi connectivity index (χ3v) is 4.77. The van der Waals surface area contributed by atoms with Crippen LogP contribution in [-0.4, -0.2) is 18.0 Å². The summed E-state index contributed by atoms with van der Waals surface area (Å²) in [5.74, 6) is 1.21. The highest BCUT2D eigenvalue weighted by Crippen LogP contribution is 2.31. The Morgan fingerprint density at radius 3 is 2.62 bits per heavy atom. The van der Waals surface area contributed by atoms with Crippen LogP contribution in [0.2, 0.25) is 0 Å². The SMILES string of the molecule is COc1cccc(-c2nc(-c3ccc(NC(=O)CC(C)C)cc3)cs2)c1. The smallest absolute Gasteiger partial charge is 0.224 e. The summed E-state index contributed by atoms with van der Waals surface area (Å²) in [6.45, 7) is 4.07. The van der Waals surface area contributed by atoms with Gasteiger partial charge in [0.2, 0.25) is 5.91 Å².